The van der Waals surface area contributed by atoms with Gasteiger partial charge in [-0.3, -0.25) is 9.80 Å². The SMILES string of the molecule is CCCNC(CC1CCCC1)C1CN2CCN1CC2. The summed E-state index contributed by atoms with van der Waals surface area (Å²) < 4.78 is 0. The molecule has 4 aliphatic rings. The molecule has 4 fully saturated rings. The first-order chi connectivity index (χ1) is 9.36. The zero-order valence-electron chi connectivity index (χ0n) is 12.6. The van der Waals surface area contributed by atoms with Crippen LogP contribution in [0.3, 0.4) is 0 Å². The molecule has 0 aromatic heterocycles. The number of nitrogens with zero attached hydrogens (tertiary/aromatic N) is 2. The third-order valence-corrected chi connectivity index (χ3v) is 5.50. The van der Waals surface area contributed by atoms with Gasteiger partial charge in [0.2, 0.25) is 0 Å². The third kappa shape index (κ3) is 3.32. The molecule has 1 N–H and O–H groups in total. The van der Waals surface area contributed by atoms with E-state index in [1.165, 1.54) is 77.8 Å². The van der Waals surface area contributed by atoms with Gasteiger partial charge in [0.1, 0.15) is 0 Å². The quantitative estimate of drug-likeness (QED) is 0.792. The molecular formula is C16H31N3. The second kappa shape index (κ2) is 6.55. The van der Waals surface area contributed by atoms with Crippen LogP contribution in [0.15, 0.2) is 0 Å². The molecule has 0 radical (unpaired) electrons. The maximum absolute atomic E-state index is 3.88. The van der Waals surface area contributed by atoms with E-state index in [0.29, 0.717) is 0 Å². The van der Waals surface area contributed by atoms with Crippen molar-refractivity contribution in [2.45, 2.75) is 57.5 Å². The molecule has 19 heavy (non-hydrogen) atoms. The van der Waals surface area contributed by atoms with E-state index in [1.54, 1.807) is 0 Å². The Morgan fingerprint density at radius 2 is 1.84 bits per heavy atom. The van der Waals surface area contributed by atoms with Crippen LogP contribution in [-0.4, -0.2) is 61.2 Å². The van der Waals surface area contributed by atoms with Gasteiger partial charge in [-0.2, -0.15) is 0 Å². The van der Waals surface area contributed by atoms with E-state index in [-0.39, 0.29) is 0 Å². The van der Waals surface area contributed by atoms with Crippen LogP contribution in [0.25, 0.3) is 0 Å². The van der Waals surface area contributed by atoms with Crippen LogP contribution in [0.1, 0.15) is 45.4 Å². The highest BCUT2D eigenvalue weighted by Gasteiger charge is 2.37. The summed E-state index contributed by atoms with van der Waals surface area (Å²) in [5.41, 5.74) is 0. The summed E-state index contributed by atoms with van der Waals surface area (Å²) >= 11 is 0. The maximum Gasteiger partial charge on any atom is 0.0377 e. The van der Waals surface area contributed by atoms with Crippen LogP contribution in [0.5, 0.6) is 0 Å². The average Bonchev–Trinajstić information content (AvgIpc) is 2.97. The molecule has 1 aliphatic carbocycles. The van der Waals surface area contributed by atoms with Crippen LogP contribution in [0, 0.1) is 5.92 Å². The fraction of sp³-hybridized carbons (Fsp3) is 1.00. The van der Waals surface area contributed by atoms with Gasteiger partial charge in [0.25, 0.3) is 0 Å². The monoisotopic (exact) mass is 265 g/mol. The molecule has 2 atom stereocenters. The molecule has 4 rings (SSSR count). The van der Waals surface area contributed by atoms with E-state index in [9.17, 15) is 0 Å². The van der Waals surface area contributed by atoms with Gasteiger partial charge in [0, 0.05) is 44.8 Å². The van der Waals surface area contributed by atoms with E-state index in [4.69, 9.17) is 0 Å². The molecule has 0 amide bonds. The molecule has 3 heterocycles. The van der Waals surface area contributed by atoms with Crippen LogP contribution in [0.4, 0.5) is 0 Å². The van der Waals surface area contributed by atoms with Crippen molar-refractivity contribution in [3.05, 3.63) is 0 Å². The fourth-order valence-corrected chi connectivity index (χ4v) is 4.35. The predicted octanol–water partition coefficient (Wildman–Crippen LogP) is 1.93. The molecule has 2 bridgehead atoms. The largest absolute Gasteiger partial charge is 0.312 e. The van der Waals surface area contributed by atoms with E-state index in [0.717, 1.165) is 18.0 Å². The minimum absolute atomic E-state index is 0.742. The van der Waals surface area contributed by atoms with Crippen molar-refractivity contribution >= 4 is 0 Å². The number of nitrogens with one attached hydrogen (secondary N) is 1. The van der Waals surface area contributed by atoms with Crippen molar-refractivity contribution in [2.24, 2.45) is 5.92 Å². The van der Waals surface area contributed by atoms with E-state index in [2.05, 4.69) is 22.0 Å². The number of piperazine rings is 3. The van der Waals surface area contributed by atoms with Crippen molar-refractivity contribution in [1.82, 2.24) is 15.1 Å². The highest BCUT2D eigenvalue weighted by molar-refractivity contribution is 4.95. The summed E-state index contributed by atoms with van der Waals surface area (Å²) in [4.78, 5) is 5.45. The zero-order chi connectivity index (χ0) is 13.1. The first-order valence-electron chi connectivity index (χ1n) is 8.56. The Labute approximate surface area is 118 Å². The predicted molar refractivity (Wildman–Crippen MR) is 80.5 cm³/mol. The summed E-state index contributed by atoms with van der Waals surface area (Å²) in [7, 11) is 0. The second-order valence-electron chi connectivity index (χ2n) is 6.85. The molecular weight excluding hydrogens is 234 g/mol. The van der Waals surface area contributed by atoms with Gasteiger partial charge in [0.05, 0.1) is 0 Å². The third-order valence-electron chi connectivity index (χ3n) is 5.50. The molecule has 110 valence electrons. The zero-order valence-corrected chi connectivity index (χ0v) is 12.6. The Hall–Kier alpha value is -0.120. The molecule has 0 aromatic rings. The topological polar surface area (TPSA) is 18.5 Å². The Balaban J connectivity index is 1.60. The van der Waals surface area contributed by atoms with E-state index >= 15 is 0 Å². The number of fused-ring (bicyclic) bond motifs is 3. The summed E-state index contributed by atoms with van der Waals surface area (Å²) in [6, 6.07) is 1.53. The Kier molecular flexibility index (Phi) is 4.78. The highest BCUT2D eigenvalue weighted by atomic mass is 15.4. The lowest BCUT2D eigenvalue weighted by Gasteiger charge is -2.50. The lowest BCUT2D eigenvalue weighted by atomic mass is 9.90. The molecule has 0 spiro atoms. The first kappa shape index (κ1) is 13.8. The Bertz CT molecular complexity index is 267. The van der Waals surface area contributed by atoms with Crippen molar-refractivity contribution in [3.8, 4) is 0 Å². The van der Waals surface area contributed by atoms with Crippen LogP contribution in [-0.2, 0) is 0 Å². The Morgan fingerprint density at radius 3 is 2.42 bits per heavy atom. The number of hydrogen-bond donors (Lipinski definition) is 1. The lowest BCUT2D eigenvalue weighted by molar-refractivity contribution is -0.00677. The minimum atomic E-state index is 0.742. The Morgan fingerprint density at radius 1 is 1.11 bits per heavy atom. The number of rotatable bonds is 6. The minimum Gasteiger partial charge on any atom is -0.312 e. The van der Waals surface area contributed by atoms with E-state index in [1.807, 2.05) is 0 Å². The molecule has 3 aliphatic heterocycles. The standard InChI is InChI=1S/C16H31N3/c1-2-7-17-15(12-14-5-3-4-6-14)16-13-18-8-10-19(16)11-9-18/h14-17H,2-13H2,1H3. The molecule has 2 unspecified atom stereocenters. The molecule has 3 heteroatoms. The molecule has 1 saturated carbocycles. The maximum atomic E-state index is 3.88. The van der Waals surface area contributed by atoms with Crippen LogP contribution in [0.2, 0.25) is 0 Å². The summed E-state index contributed by atoms with van der Waals surface area (Å²) in [6.07, 6.45) is 8.62. The van der Waals surface area contributed by atoms with Gasteiger partial charge in [-0.25, -0.2) is 0 Å². The molecule has 3 nitrogen and oxygen atoms in total. The van der Waals surface area contributed by atoms with Gasteiger partial charge in [-0.1, -0.05) is 32.6 Å². The highest BCUT2D eigenvalue weighted by Crippen LogP contribution is 2.31. The fourth-order valence-electron chi connectivity index (χ4n) is 4.35. The van der Waals surface area contributed by atoms with Crippen molar-refractivity contribution in [3.63, 3.8) is 0 Å². The van der Waals surface area contributed by atoms with Gasteiger partial charge in [-0.15, -0.1) is 0 Å². The van der Waals surface area contributed by atoms with Crippen molar-refractivity contribution < 1.29 is 0 Å². The molecule has 3 saturated heterocycles. The first-order valence-corrected chi connectivity index (χ1v) is 8.56. The smallest absolute Gasteiger partial charge is 0.0377 e. The van der Waals surface area contributed by atoms with Gasteiger partial charge in [0.15, 0.2) is 0 Å². The summed E-state index contributed by atoms with van der Waals surface area (Å²) in [5, 5.41) is 3.88. The summed E-state index contributed by atoms with van der Waals surface area (Å²) in [6.45, 7) is 10.0. The number of hydrogen-bond acceptors (Lipinski definition) is 3. The van der Waals surface area contributed by atoms with Gasteiger partial charge >= 0.3 is 0 Å². The van der Waals surface area contributed by atoms with E-state index < -0.39 is 0 Å². The van der Waals surface area contributed by atoms with Crippen molar-refractivity contribution in [1.29, 1.82) is 0 Å². The second-order valence-corrected chi connectivity index (χ2v) is 6.85. The van der Waals surface area contributed by atoms with Gasteiger partial charge < -0.3 is 5.32 Å². The molecule has 0 aromatic carbocycles. The van der Waals surface area contributed by atoms with Crippen LogP contribution < -0.4 is 5.32 Å². The van der Waals surface area contributed by atoms with Crippen LogP contribution >= 0.6 is 0 Å². The van der Waals surface area contributed by atoms with Crippen molar-refractivity contribution in [2.75, 3.05) is 39.3 Å². The van der Waals surface area contributed by atoms with Gasteiger partial charge in [-0.05, 0) is 25.3 Å². The normalized spacial score (nSPS) is 36.8. The summed E-state index contributed by atoms with van der Waals surface area (Å²) in [5.74, 6) is 1.01. The lowest BCUT2D eigenvalue weighted by Crippen LogP contribution is -2.66. The average molecular weight is 265 g/mol.